The Balaban J connectivity index is 1.72. The molecule has 0 radical (unpaired) electrons. The normalized spacial score (nSPS) is 20.1. The zero-order valence-corrected chi connectivity index (χ0v) is 19.1. The largest absolute Gasteiger partial charge is 0.385 e. The highest BCUT2D eigenvalue weighted by molar-refractivity contribution is 7.99. The fraction of sp³-hybridized carbons (Fsp3) is 0.682. The Hall–Kier alpha value is -1.40. The van der Waals surface area contributed by atoms with Gasteiger partial charge in [0.1, 0.15) is 0 Å². The third-order valence-corrected chi connectivity index (χ3v) is 5.55. The number of hydrogen-bond acceptors (Lipinski definition) is 5. The summed E-state index contributed by atoms with van der Waals surface area (Å²) in [5.41, 5.74) is 3.69. The smallest absolute Gasteiger partial charge is 0.229 e. The second-order valence-electron chi connectivity index (χ2n) is 8.79. The molecule has 0 spiro atoms. The first-order valence-electron chi connectivity index (χ1n) is 10.4. The fourth-order valence-corrected chi connectivity index (χ4v) is 3.85. The lowest BCUT2D eigenvalue weighted by atomic mass is 10.1. The van der Waals surface area contributed by atoms with E-state index in [4.69, 9.17) is 4.74 Å². The van der Waals surface area contributed by atoms with E-state index in [-0.39, 0.29) is 22.9 Å². The molecule has 0 aliphatic carbocycles. The highest BCUT2D eigenvalue weighted by Crippen LogP contribution is 2.25. The van der Waals surface area contributed by atoms with Gasteiger partial charge in [0.05, 0.1) is 12.2 Å². The van der Waals surface area contributed by atoms with Crippen LogP contribution in [0.15, 0.2) is 18.2 Å². The molecule has 158 valence electrons. The maximum Gasteiger partial charge on any atom is 0.229 e. The first-order chi connectivity index (χ1) is 13.1. The number of anilines is 2. The van der Waals surface area contributed by atoms with Crippen molar-refractivity contribution >= 4 is 29.2 Å². The monoisotopic (exact) mass is 407 g/mol. The molecule has 0 aromatic heterocycles. The van der Waals surface area contributed by atoms with Crippen molar-refractivity contribution in [1.29, 1.82) is 0 Å². The van der Waals surface area contributed by atoms with Crippen LogP contribution in [0.25, 0.3) is 0 Å². The van der Waals surface area contributed by atoms with E-state index in [0.29, 0.717) is 6.42 Å². The lowest BCUT2D eigenvalue weighted by molar-refractivity contribution is -0.119. The van der Waals surface area contributed by atoms with E-state index in [1.54, 1.807) is 0 Å². The number of morpholine rings is 1. The quantitative estimate of drug-likeness (QED) is 0.481. The Morgan fingerprint density at radius 2 is 1.89 bits per heavy atom. The van der Waals surface area contributed by atoms with Crippen LogP contribution in [0.2, 0.25) is 0 Å². The van der Waals surface area contributed by atoms with E-state index in [1.165, 1.54) is 28.9 Å². The van der Waals surface area contributed by atoms with Crippen molar-refractivity contribution in [3.05, 3.63) is 23.8 Å². The van der Waals surface area contributed by atoms with Gasteiger partial charge in [0.2, 0.25) is 5.91 Å². The molecule has 0 saturated carbocycles. The summed E-state index contributed by atoms with van der Waals surface area (Å²) < 4.78 is 8.81. The minimum Gasteiger partial charge on any atom is -0.385 e. The highest BCUT2D eigenvalue weighted by atomic mass is 32.2. The number of hydrogen-bond donors (Lipinski definition) is 2. The van der Waals surface area contributed by atoms with Crippen LogP contribution >= 0.6 is 11.9 Å². The molecular weight excluding hydrogens is 370 g/mol. The molecule has 1 fully saturated rings. The average molecular weight is 408 g/mol. The number of nitrogens with zero attached hydrogens (tertiary/aromatic N) is 1. The molecule has 6 heteroatoms. The second-order valence-corrected chi connectivity index (χ2v) is 10.4. The van der Waals surface area contributed by atoms with Crippen LogP contribution in [-0.2, 0) is 9.53 Å². The Labute approximate surface area is 175 Å². The van der Waals surface area contributed by atoms with Gasteiger partial charge in [0.15, 0.2) is 0 Å². The standard InChI is InChI=1S/C22H37N3O2S/c1-16-13-19(25-14-17(2)27-18(3)15-25)10-11-20(16)23-12-8-7-9-21(26)24-28-22(4,5)6/h10-11,13,17-18,23H,7-9,12,14-15H2,1-6H3,(H,24,26)/t17-,18+. The maximum atomic E-state index is 11.8. The first-order valence-corrected chi connectivity index (χ1v) is 11.2. The van der Waals surface area contributed by atoms with Gasteiger partial charge in [-0.05, 0) is 90.1 Å². The number of carbonyl (C=O) groups is 1. The molecule has 1 heterocycles. The third-order valence-electron chi connectivity index (χ3n) is 4.61. The maximum absolute atomic E-state index is 11.8. The Morgan fingerprint density at radius 1 is 1.21 bits per heavy atom. The highest BCUT2D eigenvalue weighted by Gasteiger charge is 2.22. The molecule has 1 saturated heterocycles. The summed E-state index contributed by atoms with van der Waals surface area (Å²) in [5, 5.41) is 3.51. The molecule has 0 unspecified atom stereocenters. The number of carbonyl (C=O) groups excluding carboxylic acids is 1. The third kappa shape index (κ3) is 7.92. The van der Waals surface area contributed by atoms with E-state index in [0.717, 1.165) is 32.5 Å². The number of nitrogens with one attached hydrogen (secondary N) is 2. The number of unbranched alkanes of at least 4 members (excludes halogenated alkanes) is 1. The molecule has 1 amide bonds. The van der Waals surface area contributed by atoms with Crippen LogP contribution in [0.1, 0.15) is 59.4 Å². The van der Waals surface area contributed by atoms with Gasteiger partial charge < -0.3 is 15.0 Å². The van der Waals surface area contributed by atoms with E-state index >= 15 is 0 Å². The van der Waals surface area contributed by atoms with Gasteiger partial charge in [-0.3, -0.25) is 9.52 Å². The van der Waals surface area contributed by atoms with Crippen molar-refractivity contribution in [2.45, 2.75) is 77.8 Å². The molecule has 1 aliphatic heterocycles. The molecule has 1 aromatic rings. The zero-order valence-electron chi connectivity index (χ0n) is 18.3. The summed E-state index contributed by atoms with van der Waals surface area (Å²) in [6, 6.07) is 6.61. The molecule has 0 bridgehead atoms. The second kappa shape index (κ2) is 10.4. The number of amides is 1. The lowest BCUT2D eigenvalue weighted by Gasteiger charge is -2.37. The van der Waals surface area contributed by atoms with Crippen molar-refractivity contribution in [3.8, 4) is 0 Å². The Morgan fingerprint density at radius 3 is 2.50 bits per heavy atom. The molecule has 5 nitrogen and oxygen atoms in total. The molecular formula is C22H37N3O2S. The average Bonchev–Trinajstić information content (AvgIpc) is 2.59. The van der Waals surface area contributed by atoms with E-state index in [2.05, 4.69) is 74.7 Å². The van der Waals surface area contributed by atoms with Crippen molar-refractivity contribution in [1.82, 2.24) is 4.72 Å². The van der Waals surface area contributed by atoms with Crippen molar-refractivity contribution in [2.75, 3.05) is 29.9 Å². The Bertz CT molecular complexity index is 635. The first kappa shape index (κ1) is 22.9. The van der Waals surface area contributed by atoms with Gasteiger partial charge in [-0.1, -0.05) is 0 Å². The molecule has 1 aromatic carbocycles. The van der Waals surface area contributed by atoms with Crippen molar-refractivity contribution in [3.63, 3.8) is 0 Å². The summed E-state index contributed by atoms with van der Waals surface area (Å²) in [4.78, 5) is 14.3. The molecule has 2 N–H and O–H groups in total. The Kier molecular flexibility index (Phi) is 8.50. The van der Waals surface area contributed by atoms with E-state index < -0.39 is 0 Å². The number of benzene rings is 1. The molecule has 1 aliphatic rings. The summed E-state index contributed by atoms with van der Waals surface area (Å²) in [6.07, 6.45) is 2.98. The minimum absolute atomic E-state index is 0.0538. The zero-order chi connectivity index (χ0) is 20.7. The van der Waals surface area contributed by atoms with Crippen molar-refractivity contribution in [2.24, 2.45) is 0 Å². The fourth-order valence-electron chi connectivity index (χ4n) is 3.33. The summed E-state index contributed by atoms with van der Waals surface area (Å²) >= 11 is 1.49. The predicted octanol–water partition coefficient (Wildman–Crippen LogP) is 4.75. The van der Waals surface area contributed by atoms with Gasteiger partial charge in [-0.2, -0.15) is 0 Å². The minimum atomic E-state index is 0.0538. The van der Waals surface area contributed by atoms with Crippen LogP contribution in [-0.4, -0.2) is 42.5 Å². The predicted molar refractivity (Wildman–Crippen MR) is 121 cm³/mol. The lowest BCUT2D eigenvalue weighted by Crippen LogP contribution is -2.45. The van der Waals surface area contributed by atoms with Crippen LogP contribution in [0, 0.1) is 6.92 Å². The van der Waals surface area contributed by atoms with Crippen LogP contribution < -0.4 is 14.9 Å². The van der Waals surface area contributed by atoms with Gasteiger partial charge >= 0.3 is 0 Å². The topological polar surface area (TPSA) is 53.6 Å². The summed E-state index contributed by atoms with van der Waals surface area (Å²) in [6.45, 7) is 15.4. The summed E-state index contributed by atoms with van der Waals surface area (Å²) in [7, 11) is 0. The van der Waals surface area contributed by atoms with Crippen LogP contribution in [0.5, 0.6) is 0 Å². The van der Waals surface area contributed by atoms with Gasteiger partial charge in [0.25, 0.3) is 0 Å². The van der Waals surface area contributed by atoms with Gasteiger partial charge in [0, 0.05) is 42.2 Å². The van der Waals surface area contributed by atoms with Crippen LogP contribution in [0.4, 0.5) is 11.4 Å². The van der Waals surface area contributed by atoms with Gasteiger partial charge in [-0.25, -0.2) is 0 Å². The van der Waals surface area contributed by atoms with Gasteiger partial charge in [-0.15, -0.1) is 0 Å². The summed E-state index contributed by atoms with van der Waals surface area (Å²) in [5.74, 6) is 0.120. The molecule has 2 atom stereocenters. The number of rotatable bonds is 8. The molecule has 28 heavy (non-hydrogen) atoms. The SMILES string of the molecule is Cc1cc(N2C[C@@H](C)O[C@@H](C)C2)ccc1NCCCCC(=O)NSC(C)(C)C. The number of ether oxygens (including phenoxy) is 1. The van der Waals surface area contributed by atoms with Crippen molar-refractivity contribution < 1.29 is 9.53 Å². The molecule has 2 rings (SSSR count). The van der Waals surface area contributed by atoms with E-state index in [9.17, 15) is 4.79 Å². The number of aryl methyl sites for hydroxylation is 1. The van der Waals surface area contributed by atoms with E-state index in [1.807, 2.05) is 0 Å². The van der Waals surface area contributed by atoms with Crippen LogP contribution in [0.3, 0.4) is 0 Å².